The molecule has 0 spiro atoms. The first-order valence-corrected chi connectivity index (χ1v) is 7.43. The lowest BCUT2D eigenvalue weighted by Crippen LogP contribution is -2.32. The van der Waals surface area contributed by atoms with E-state index in [0.717, 1.165) is 24.9 Å². The largest absolute Gasteiger partial charge is 0.385 e. The zero-order valence-corrected chi connectivity index (χ0v) is 12.0. The van der Waals surface area contributed by atoms with Gasteiger partial charge in [-0.3, -0.25) is 14.9 Å². The first kappa shape index (κ1) is 15.3. The molecule has 21 heavy (non-hydrogen) atoms. The van der Waals surface area contributed by atoms with E-state index in [4.69, 9.17) is 0 Å². The molecule has 6 nitrogen and oxygen atoms in total. The van der Waals surface area contributed by atoms with Gasteiger partial charge in [-0.25, -0.2) is 0 Å². The van der Waals surface area contributed by atoms with Gasteiger partial charge in [-0.2, -0.15) is 0 Å². The molecular weight excluding hydrogens is 270 g/mol. The third kappa shape index (κ3) is 5.06. The predicted molar refractivity (Wildman–Crippen MR) is 81.2 cm³/mol. The normalized spacial score (nSPS) is 14.9. The monoisotopic (exact) mass is 291 g/mol. The fourth-order valence-corrected chi connectivity index (χ4v) is 2.55. The van der Waals surface area contributed by atoms with Crippen LogP contribution in [0.5, 0.6) is 0 Å². The van der Waals surface area contributed by atoms with Gasteiger partial charge in [0.15, 0.2) is 0 Å². The summed E-state index contributed by atoms with van der Waals surface area (Å²) in [7, 11) is 0. The van der Waals surface area contributed by atoms with Crippen LogP contribution in [0.3, 0.4) is 0 Å². The van der Waals surface area contributed by atoms with E-state index in [-0.39, 0.29) is 11.6 Å². The minimum Gasteiger partial charge on any atom is -0.385 e. The lowest BCUT2D eigenvalue weighted by molar-refractivity contribution is -0.384. The summed E-state index contributed by atoms with van der Waals surface area (Å²) in [5.74, 6) is 0.118. The summed E-state index contributed by atoms with van der Waals surface area (Å²) in [5.41, 5.74) is 0.910. The molecule has 1 fully saturated rings. The Balaban J connectivity index is 1.62. The van der Waals surface area contributed by atoms with Gasteiger partial charge in [0.25, 0.3) is 5.69 Å². The molecule has 1 amide bonds. The highest BCUT2D eigenvalue weighted by molar-refractivity contribution is 5.76. The van der Waals surface area contributed by atoms with Gasteiger partial charge in [0.2, 0.25) is 5.91 Å². The van der Waals surface area contributed by atoms with Crippen molar-refractivity contribution >= 4 is 17.3 Å². The van der Waals surface area contributed by atoms with Crippen molar-refractivity contribution in [2.45, 2.75) is 44.6 Å². The average molecular weight is 291 g/mol. The molecule has 6 heteroatoms. The van der Waals surface area contributed by atoms with Crippen molar-refractivity contribution in [2.24, 2.45) is 0 Å². The Labute approximate surface area is 124 Å². The molecule has 1 aliphatic carbocycles. The van der Waals surface area contributed by atoms with Crippen LogP contribution in [0.15, 0.2) is 24.3 Å². The summed E-state index contributed by atoms with van der Waals surface area (Å²) >= 11 is 0. The van der Waals surface area contributed by atoms with Gasteiger partial charge in [0.05, 0.1) is 4.92 Å². The van der Waals surface area contributed by atoms with Crippen LogP contribution in [0, 0.1) is 10.1 Å². The van der Waals surface area contributed by atoms with E-state index in [9.17, 15) is 14.9 Å². The van der Waals surface area contributed by atoms with Gasteiger partial charge in [-0.05, 0) is 31.4 Å². The molecule has 0 radical (unpaired) electrons. The highest BCUT2D eigenvalue weighted by Crippen LogP contribution is 2.18. The fraction of sp³-hybridized carbons (Fsp3) is 0.533. The van der Waals surface area contributed by atoms with E-state index in [1.54, 1.807) is 12.1 Å². The smallest absolute Gasteiger partial charge is 0.269 e. The molecule has 1 aliphatic rings. The van der Waals surface area contributed by atoms with E-state index < -0.39 is 4.92 Å². The van der Waals surface area contributed by atoms with Crippen molar-refractivity contribution < 1.29 is 9.72 Å². The maximum absolute atomic E-state index is 11.7. The number of nitro groups is 1. The highest BCUT2D eigenvalue weighted by atomic mass is 16.6. The maximum atomic E-state index is 11.7. The van der Waals surface area contributed by atoms with Crippen molar-refractivity contribution in [3.05, 3.63) is 34.4 Å². The van der Waals surface area contributed by atoms with Crippen LogP contribution in [0.4, 0.5) is 11.4 Å². The molecule has 1 aromatic rings. The maximum Gasteiger partial charge on any atom is 0.269 e. The quantitative estimate of drug-likeness (QED) is 0.459. The average Bonchev–Trinajstić information content (AvgIpc) is 2.97. The van der Waals surface area contributed by atoms with E-state index in [1.807, 2.05) is 0 Å². The molecule has 0 aromatic heterocycles. The Bertz CT molecular complexity index is 481. The number of amides is 1. The van der Waals surface area contributed by atoms with Gasteiger partial charge >= 0.3 is 0 Å². The number of nitrogens with zero attached hydrogens (tertiary/aromatic N) is 1. The molecule has 0 saturated heterocycles. The van der Waals surface area contributed by atoms with Crippen molar-refractivity contribution in [3.8, 4) is 0 Å². The van der Waals surface area contributed by atoms with Gasteiger partial charge in [0, 0.05) is 36.8 Å². The number of non-ortho nitro benzene ring substituents is 1. The summed E-state index contributed by atoms with van der Waals surface area (Å²) in [6.45, 7) is 0.676. The predicted octanol–water partition coefficient (Wildman–Crippen LogP) is 2.85. The number of hydrogen-bond acceptors (Lipinski definition) is 4. The topological polar surface area (TPSA) is 84.3 Å². The van der Waals surface area contributed by atoms with Crippen LogP contribution in [-0.4, -0.2) is 23.4 Å². The molecule has 0 bridgehead atoms. The minimum atomic E-state index is -0.420. The molecule has 1 aromatic carbocycles. The zero-order valence-electron chi connectivity index (χ0n) is 12.0. The van der Waals surface area contributed by atoms with E-state index in [1.165, 1.54) is 25.0 Å². The van der Waals surface area contributed by atoms with Gasteiger partial charge < -0.3 is 10.6 Å². The number of nitrogens with one attached hydrogen (secondary N) is 2. The SMILES string of the molecule is O=C(CCCNc1ccc([N+](=O)[O-])cc1)NC1CCCC1. The molecule has 0 heterocycles. The van der Waals surface area contributed by atoms with Crippen LogP contribution >= 0.6 is 0 Å². The van der Waals surface area contributed by atoms with E-state index >= 15 is 0 Å². The molecule has 1 saturated carbocycles. The van der Waals surface area contributed by atoms with Crippen LogP contribution in [0.1, 0.15) is 38.5 Å². The minimum absolute atomic E-state index is 0.0801. The Kier molecular flexibility index (Phi) is 5.54. The summed E-state index contributed by atoms with van der Waals surface area (Å²) in [5, 5.41) is 16.7. The van der Waals surface area contributed by atoms with Gasteiger partial charge in [-0.15, -0.1) is 0 Å². The molecular formula is C15H21N3O3. The number of carbonyl (C=O) groups excluding carboxylic acids is 1. The fourth-order valence-electron chi connectivity index (χ4n) is 2.55. The Hall–Kier alpha value is -2.11. The first-order chi connectivity index (χ1) is 10.1. The Morgan fingerprint density at radius 3 is 2.52 bits per heavy atom. The lowest BCUT2D eigenvalue weighted by atomic mass is 10.2. The lowest BCUT2D eigenvalue weighted by Gasteiger charge is -2.12. The van der Waals surface area contributed by atoms with Crippen molar-refractivity contribution in [1.82, 2.24) is 5.32 Å². The summed E-state index contributed by atoms with van der Waals surface area (Å²) in [4.78, 5) is 21.8. The van der Waals surface area contributed by atoms with Crippen LogP contribution in [-0.2, 0) is 4.79 Å². The second-order valence-electron chi connectivity index (χ2n) is 5.38. The Morgan fingerprint density at radius 2 is 1.90 bits per heavy atom. The van der Waals surface area contributed by atoms with Crippen LogP contribution in [0.2, 0.25) is 0 Å². The third-order valence-corrected chi connectivity index (χ3v) is 3.71. The van der Waals surface area contributed by atoms with Gasteiger partial charge in [-0.1, -0.05) is 12.8 Å². The first-order valence-electron chi connectivity index (χ1n) is 7.43. The zero-order chi connectivity index (χ0) is 15.1. The van der Waals surface area contributed by atoms with Gasteiger partial charge in [0.1, 0.15) is 0 Å². The number of benzene rings is 1. The summed E-state index contributed by atoms with van der Waals surface area (Å²) in [6.07, 6.45) is 5.89. The summed E-state index contributed by atoms with van der Waals surface area (Å²) in [6, 6.07) is 6.66. The molecule has 2 rings (SSSR count). The van der Waals surface area contributed by atoms with Crippen molar-refractivity contribution in [2.75, 3.05) is 11.9 Å². The number of hydrogen-bond donors (Lipinski definition) is 2. The number of anilines is 1. The molecule has 0 atom stereocenters. The summed E-state index contributed by atoms with van der Waals surface area (Å²) < 4.78 is 0. The third-order valence-electron chi connectivity index (χ3n) is 3.71. The van der Waals surface area contributed by atoms with Crippen LogP contribution < -0.4 is 10.6 Å². The standard InChI is InChI=1S/C15H21N3O3/c19-15(17-13-4-1-2-5-13)6-3-11-16-12-7-9-14(10-8-12)18(20)21/h7-10,13,16H,1-6,11H2,(H,17,19). The molecule has 114 valence electrons. The number of carbonyl (C=O) groups is 1. The number of rotatable bonds is 7. The molecule has 2 N–H and O–H groups in total. The van der Waals surface area contributed by atoms with Crippen molar-refractivity contribution in [3.63, 3.8) is 0 Å². The molecule has 0 aliphatic heterocycles. The van der Waals surface area contributed by atoms with E-state index in [0.29, 0.717) is 19.0 Å². The Morgan fingerprint density at radius 1 is 1.24 bits per heavy atom. The second kappa shape index (κ2) is 7.61. The second-order valence-corrected chi connectivity index (χ2v) is 5.38. The highest BCUT2D eigenvalue weighted by Gasteiger charge is 2.16. The van der Waals surface area contributed by atoms with Crippen LogP contribution in [0.25, 0.3) is 0 Å². The van der Waals surface area contributed by atoms with Crippen molar-refractivity contribution in [1.29, 1.82) is 0 Å². The van der Waals surface area contributed by atoms with E-state index in [2.05, 4.69) is 10.6 Å². The number of nitro benzene ring substituents is 1. The molecule has 0 unspecified atom stereocenters.